The fourth-order valence-electron chi connectivity index (χ4n) is 0.982. The van der Waals surface area contributed by atoms with Gasteiger partial charge < -0.3 is 10.4 Å². The van der Waals surface area contributed by atoms with Gasteiger partial charge in [-0.25, -0.2) is 0 Å². The quantitative estimate of drug-likeness (QED) is 0.687. The molecule has 0 radical (unpaired) electrons. The summed E-state index contributed by atoms with van der Waals surface area (Å²) >= 11 is 1.55. The molecule has 1 unspecified atom stereocenters. The zero-order valence-electron chi connectivity index (χ0n) is 6.18. The van der Waals surface area contributed by atoms with E-state index in [1.165, 1.54) is 0 Å². The summed E-state index contributed by atoms with van der Waals surface area (Å²) in [6.07, 6.45) is 7.47. The van der Waals surface area contributed by atoms with Crippen molar-refractivity contribution in [2.45, 2.75) is 5.50 Å². The van der Waals surface area contributed by atoms with Crippen molar-refractivity contribution in [2.75, 3.05) is 0 Å². The number of fused-ring (bicyclic) bond motifs is 1. The molecular formula is C7H9BrN2OS. The summed E-state index contributed by atoms with van der Waals surface area (Å²) in [5, 5.41) is 14.1. The van der Waals surface area contributed by atoms with E-state index in [9.17, 15) is 5.11 Å². The number of thioether (sulfide) groups is 1. The molecule has 0 spiro atoms. The molecule has 0 aromatic carbocycles. The van der Waals surface area contributed by atoms with Crippen molar-refractivity contribution in [1.29, 1.82) is 0 Å². The lowest BCUT2D eigenvalue weighted by Gasteiger charge is -2.20. The van der Waals surface area contributed by atoms with E-state index in [0.29, 0.717) is 5.88 Å². The fourth-order valence-corrected chi connectivity index (χ4v) is 1.82. The number of rotatable bonds is 0. The van der Waals surface area contributed by atoms with Gasteiger partial charge in [0.1, 0.15) is 0 Å². The van der Waals surface area contributed by atoms with E-state index in [4.69, 9.17) is 0 Å². The zero-order valence-corrected chi connectivity index (χ0v) is 8.70. The smallest absolute Gasteiger partial charge is 0.199 e. The maximum absolute atomic E-state index is 9.30. The molecule has 0 aromatic heterocycles. The summed E-state index contributed by atoms with van der Waals surface area (Å²) in [7, 11) is 0. The largest absolute Gasteiger partial charge is 0.494 e. The first-order valence-electron chi connectivity index (χ1n) is 3.30. The Morgan fingerprint density at radius 2 is 2.33 bits per heavy atom. The van der Waals surface area contributed by atoms with Crippen LogP contribution in [0.1, 0.15) is 0 Å². The second-order valence-electron chi connectivity index (χ2n) is 2.24. The van der Waals surface area contributed by atoms with Crippen molar-refractivity contribution >= 4 is 28.7 Å². The van der Waals surface area contributed by atoms with Gasteiger partial charge in [0.15, 0.2) is 11.4 Å². The Bertz CT molecular complexity index is 252. The molecule has 66 valence electrons. The Labute approximate surface area is 85.6 Å². The van der Waals surface area contributed by atoms with E-state index >= 15 is 0 Å². The molecule has 1 atom stereocenters. The summed E-state index contributed by atoms with van der Waals surface area (Å²) in [5.41, 5.74) is 0.116. The minimum Gasteiger partial charge on any atom is -0.494 e. The van der Waals surface area contributed by atoms with Gasteiger partial charge in [-0.05, 0) is 18.4 Å². The highest BCUT2D eigenvalue weighted by Gasteiger charge is 2.23. The van der Waals surface area contributed by atoms with Gasteiger partial charge in [0.25, 0.3) is 0 Å². The van der Waals surface area contributed by atoms with Crippen LogP contribution in [0.4, 0.5) is 0 Å². The van der Waals surface area contributed by atoms with Crippen LogP contribution in [0.15, 0.2) is 35.8 Å². The Hall–Kier alpha value is -0.550. The average Bonchev–Trinajstić information content (AvgIpc) is 2.25. The highest BCUT2D eigenvalue weighted by molar-refractivity contribution is 8.93. The van der Waals surface area contributed by atoms with Crippen LogP contribution in [-0.2, 0) is 0 Å². The predicted octanol–water partition coefficient (Wildman–Crippen LogP) is 1.88. The maximum Gasteiger partial charge on any atom is 0.199 e. The molecule has 0 amide bonds. The summed E-state index contributed by atoms with van der Waals surface area (Å²) in [6, 6.07) is 0. The van der Waals surface area contributed by atoms with E-state index < -0.39 is 0 Å². The number of aliphatic hydroxyl groups is 1. The Morgan fingerprint density at radius 1 is 1.50 bits per heavy atom. The number of allylic oxidation sites excluding steroid dienone is 2. The molecular weight excluding hydrogens is 240 g/mol. The third-order valence-corrected chi connectivity index (χ3v) is 2.48. The number of halogens is 1. The monoisotopic (exact) mass is 248 g/mol. The van der Waals surface area contributed by atoms with E-state index in [-0.39, 0.29) is 22.5 Å². The predicted molar refractivity (Wildman–Crippen MR) is 55.7 cm³/mol. The average molecular weight is 249 g/mol. The highest BCUT2D eigenvalue weighted by atomic mass is 79.9. The lowest BCUT2D eigenvalue weighted by Crippen LogP contribution is -2.32. The molecule has 2 heterocycles. The molecule has 0 fully saturated rings. The molecule has 0 aromatic rings. The minimum atomic E-state index is 0. The molecule has 2 aliphatic heterocycles. The van der Waals surface area contributed by atoms with Gasteiger partial charge in [0.05, 0.1) is 0 Å². The van der Waals surface area contributed by atoms with Gasteiger partial charge in [-0.1, -0.05) is 11.8 Å². The van der Waals surface area contributed by atoms with Crippen LogP contribution in [0.3, 0.4) is 0 Å². The number of nitrogens with zero attached hydrogens (tertiary/aromatic N) is 1. The van der Waals surface area contributed by atoms with E-state index in [2.05, 4.69) is 5.32 Å². The number of nitrogens with one attached hydrogen (secondary N) is 1. The van der Waals surface area contributed by atoms with Gasteiger partial charge in [-0.2, -0.15) is 0 Å². The molecule has 0 saturated carbocycles. The topological polar surface area (TPSA) is 35.5 Å². The van der Waals surface area contributed by atoms with Crippen LogP contribution < -0.4 is 5.32 Å². The number of hydrogen-bond acceptors (Lipinski definition) is 4. The van der Waals surface area contributed by atoms with Crippen molar-refractivity contribution in [2.24, 2.45) is 0 Å². The summed E-state index contributed by atoms with van der Waals surface area (Å²) in [4.78, 5) is 1.77. The Balaban J connectivity index is 0.000000720. The van der Waals surface area contributed by atoms with Crippen LogP contribution in [0.25, 0.3) is 0 Å². The Kier molecular flexibility index (Phi) is 3.11. The van der Waals surface area contributed by atoms with Gasteiger partial charge in [0, 0.05) is 11.6 Å². The van der Waals surface area contributed by atoms with Crippen LogP contribution in [0, 0.1) is 0 Å². The number of aliphatic hydroxyl groups excluding tert-OH is 1. The molecule has 3 nitrogen and oxygen atoms in total. The third-order valence-electron chi connectivity index (χ3n) is 1.51. The first-order valence-corrected chi connectivity index (χ1v) is 4.24. The van der Waals surface area contributed by atoms with E-state index in [0.717, 1.165) is 0 Å². The minimum absolute atomic E-state index is 0. The standard InChI is InChI=1S/C7H8N2OS.BrH/c10-6-5-11-7-8-3-1-2-4-9(6)7;/h1-5,7-8,10H;1H. The summed E-state index contributed by atoms with van der Waals surface area (Å²) in [6.45, 7) is 0. The molecule has 2 rings (SSSR count). The summed E-state index contributed by atoms with van der Waals surface area (Å²) in [5.74, 6) is 0.299. The first-order chi connectivity index (χ1) is 5.38. The van der Waals surface area contributed by atoms with Gasteiger partial charge in [-0.3, -0.25) is 4.90 Å². The second-order valence-corrected chi connectivity index (χ2v) is 3.19. The molecule has 0 aliphatic carbocycles. The maximum atomic E-state index is 9.30. The van der Waals surface area contributed by atoms with Crippen LogP contribution in [-0.4, -0.2) is 15.5 Å². The molecule has 0 saturated heterocycles. The lowest BCUT2D eigenvalue weighted by molar-refractivity contribution is 0.245. The van der Waals surface area contributed by atoms with Gasteiger partial charge in [0.2, 0.25) is 0 Å². The molecule has 2 N–H and O–H groups in total. The normalized spacial score (nSPS) is 25.2. The molecule has 2 aliphatic rings. The van der Waals surface area contributed by atoms with Crippen LogP contribution in [0.5, 0.6) is 0 Å². The SMILES string of the molecule is Br.OC1=CSC2NC=CC=CN12. The highest BCUT2D eigenvalue weighted by Crippen LogP contribution is 2.28. The lowest BCUT2D eigenvalue weighted by atomic mass is 10.5. The van der Waals surface area contributed by atoms with Crippen molar-refractivity contribution < 1.29 is 5.11 Å². The fraction of sp³-hybridized carbons (Fsp3) is 0.143. The zero-order chi connectivity index (χ0) is 7.68. The van der Waals surface area contributed by atoms with Crippen molar-refractivity contribution in [3.05, 3.63) is 35.8 Å². The van der Waals surface area contributed by atoms with Crippen molar-refractivity contribution in [1.82, 2.24) is 10.2 Å². The van der Waals surface area contributed by atoms with E-state index in [1.54, 1.807) is 22.1 Å². The van der Waals surface area contributed by atoms with Crippen molar-refractivity contribution in [3.63, 3.8) is 0 Å². The molecule has 5 heteroatoms. The molecule has 0 bridgehead atoms. The van der Waals surface area contributed by atoms with E-state index in [1.807, 2.05) is 24.6 Å². The first kappa shape index (κ1) is 9.54. The second kappa shape index (κ2) is 3.91. The van der Waals surface area contributed by atoms with Crippen molar-refractivity contribution in [3.8, 4) is 0 Å². The van der Waals surface area contributed by atoms with Crippen LogP contribution >= 0.6 is 28.7 Å². The molecule has 12 heavy (non-hydrogen) atoms. The van der Waals surface area contributed by atoms with Gasteiger partial charge >= 0.3 is 0 Å². The third kappa shape index (κ3) is 1.61. The van der Waals surface area contributed by atoms with Gasteiger partial charge in [-0.15, -0.1) is 17.0 Å². The van der Waals surface area contributed by atoms with Crippen LogP contribution in [0.2, 0.25) is 0 Å². The Morgan fingerprint density at radius 3 is 3.17 bits per heavy atom. The number of hydrogen-bond donors (Lipinski definition) is 2. The summed E-state index contributed by atoms with van der Waals surface area (Å²) < 4.78 is 0.